The number of aliphatic carboxylic acids is 2. The van der Waals surface area contributed by atoms with Gasteiger partial charge in [-0.05, 0) is 26.2 Å². The first-order valence-corrected chi connectivity index (χ1v) is 15.2. The van der Waals surface area contributed by atoms with E-state index in [1.165, 1.54) is 19.3 Å². The van der Waals surface area contributed by atoms with Gasteiger partial charge < -0.3 is 35.6 Å². The van der Waals surface area contributed by atoms with Crippen molar-refractivity contribution in [2.75, 3.05) is 39.5 Å². The molecule has 0 bridgehead atoms. The zero-order chi connectivity index (χ0) is 30.6. The Morgan fingerprint density at radius 3 is 1.68 bits per heavy atom. The van der Waals surface area contributed by atoms with E-state index in [-0.39, 0.29) is 76.4 Å². The molecule has 0 radical (unpaired) electrons. The smallest absolute Gasteiger partial charge is 0.326 e. The fourth-order valence-electron chi connectivity index (χ4n) is 4.11. The molecule has 12 nitrogen and oxygen atoms in total. The van der Waals surface area contributed by atoms with E-state index >= 15 is 0 Å². The Kier molecular flexibility index (Phi) is 25.6. The lowest BCUT2D eigenvalue weighted by molar-refractivity contribution is -0.142. The van der Waals surface area contributed by atoms with Crippen molar-refractivity contribution in [2.24, 2.45) is 0 Å². The molecule has 0 spiro atoms. The van der Waals surface area contributed by atoms with Gasteiger partial charge in [0.2, 0.25) is 17.7 Å². The van der Waals surface area contributed by atoms with Crippen molar-refractivity contribution in [1.29, 1.82) is 0 Å². The highest BCUT2D eigenvalue weighted by molar-refractivity contribution is 5.84. The first-order chi connectivity index (χ1) is 19.8. The average Bonchev–Trinajstić information content (AvgIpc) is 2.92. The van der Waals surface area contributed by atoms with Crippen LogP contribution in [0.1, 0.15) is 110 Å². The van der Waals surface area contributed by atoms with E-state index in [0.29, 0.717) is 13.0 Å². The number of rotatable bonds is 29. The van der Waals surface area contributed by atoms with Gasteiger partial charge in [0.15, 0.2) is 0 Å². The van der Waals surface area contributed by atoms with Crippen LogP contribution in [-0.4, -0.2) is 85.4 Å². The molecule has 0 saturated heterocycles. The first kappa shape index (κ1) is 38.3. The molecule has 0 saturated carbocycles. The summed E-state index contributed by atoms with van der Waals surface area (Å²) in [6.07, 6.45) is 13.0. The van der Waals surface area contributed by atoms with Crippen molar-refractivity contribution >= 4 is 29.7 Å². The van der Waals surface area contributed by atoms with Gasteiger partial charge in [-0.3, -0.25) is 19.2 Å². The lowest BCUT2D eigenvalue weighted by atomic mass is 10.0. The maximum atomic E-state index is 12.2. The molecule has 238 valence electrons. The van der Waals surface area contributed by atoms with Crippen LogP contribution in [0.5, 0.6) is 0 Å². The SMILES string of the molecule is CCNC(=O)COCCOCCNC(=O)CC[C@H](NC(=O)CCCCCCCCCCCCCCC(=O)O)C(=O)O. The monoisotopic (exact) mass is 587 g/mol. The number of hydrogen-bond acceptors (Lipinski definition) is 7. The van der Waals surface area contributed by atoms with Crippen LogP contribution in [0.3, 0.4) is 0 Å². The largest absolute Gasteiger partial charge is 0.481 e. The maximum Gasteiger partial charge on any atom is 0.326 e. The molecule has 0 unspecified atom stereocenters. The number of ether oxygens (including phenoxy) is 2. The highest BCUT2D eigenvalue weighted by Crippen LogP contribution is 2.13. The Morgan fingerprint density at radius 2 is 1.15 bits per heavy atom. The Morgan fingerprint density at radius 1 is 0.610 bits per heavy atom. The molecule has 41 heavy (non-hydrogen) atoms. The molecule has 1 atom stereocenters. The first-order valence-electron chi connectivity index (χ1n) is 15.2. The van der Waals surface area contributed by atoms with Crippen molar-refractivity contribution < 1.29 is 43.7 Å². The van der Waals surface area contributed by atoms with Crippen molar-refractivity contribution in [3.63, 3.8) is 0 Å². The van der Waals surface area contributed by atoms with Gasteiger partial charge >= 0.3 is 11.9 Å². The number of nitrogens with one attached hydrogen (secondary N) is 3. The van der Waals surface area contributed by atoms with Crippen molar-refractivity contribution in [2.45, 2.75) is 116 Å². The van der Waals surface area contributed by atoms with Gasteiger partial charge in [-0.1, -0.05) is 64.2 Å². The Labute approximate surface area is 244 Å². The summed E-state index contributed by atoms with van der Waals surface area (Å²) in [7, 11) is 0. The fraction of sp³-hybridized carbons (Fsp3) is 0.828. The number of likely N-dealkylation sites (N-methyl/N-ethyl adjacent to an activating group) is 1. The summed E-state index contributed by atoms with van der Waals surface area (Å²) in [6, 6.07) is -1.11. The molecular weight excluding hydrogens is 534 g/mol. The summed E-state index contributed by atoms with van der Waals surface area (Å²) < 4.78 is 10.5. The number of unbranched alkanes of at least 4 members (excludes halogenated alkanes) is 11. The second-order valence-electron chi connectivity index (χ2n) is 10.1. The minimum absolute atomic E-state index is 0.00373. The number of carboxylic acids is 2. The van der Waals surface area contributed by atoms with Gasteiger partial charge in [0.1, 0.15) is 12.6 Å². The van der Waals surface area contributed by atoms with Crippen LogP contribution >= 0.6 is 0 Å². The van der Waals surface area contributed by atoms with E-state index < -0.39 is 18.0 Å². The van der Waals surface area contributed by atoms with E-state index in [4.69, 9.17) is 14.6 Å². The van der Waals surface area contributed by atoms with Crippen molar-refractivity contribution in [3.05, 3.63) is 0 Å². The van der Waals surface area contributed by atoms with Crippen LogP contribution in [-0.2, 0) is 33.4 Å². The summed E-state index contributed by atoms with van der Waals surface area (Å²) in [5.74, 6) is -2.71. The van der Waals surface area contributed by atoms with E-state index in [0.717, 1.165) is 51.4 Å². The highest BCUT2D eigenvalue weighted by atomic mass is 16.5. The van der Waals surface area contributed by atoms with Gasteiger partial charge in [-0.25, -0.2) is 4.79 Å². The number of hydrogen-bond donors (Lipinski definition) is 5. The second-order valence-corrected chi connectivity index (χ2v) is 10.1. The Bertz CT molecular complexity index is 734. The molecular formula is C29H53N3O9. The van der Waals surface area contributed by atoms with Crippen molar-refractivity contribution in [1.82, 2.24) is 16.0 Å². The van der Waals surface area contributed by atoms with Gasteiger partial charge in [-0.2, -0.15) is 0 Å². The molecule has 12 heteroatoms. The average molecular weight is 588 g/mol. The quantitative estimate of drug-likeness (QED) is 0.0821. The molecule has 0 rings (SSSR count). The number of carboxylic acid groups (broad SMARTS) is 2. The zero-order valence-electron chi connectivity index (χ0n) is 24.9. The van der Waals surface area contributed by atoms with Crippen LogP contribution in [0.25, 0.3) is 0 Å². The number of carbonyl (C=O) groups is 5. The third-order valence-corrected chi connectivity index (χ3v) is 6.39. The summed E-state index contributed by atoms with van der Waals surface area (Å²) >= 11 is 0. The second kappa shape index (κ2) is 27.4. The summed E-state index contributed by atoms with van der Waals surface area (Å²) in [4.78, 5) is 57.4. The predicted molar refractivity (Wildman–Crippen MR) is 154 cm³/mol. The molecule has 0 heterocycles. The lowest BCUT2D eigenvalue weighted by Crippen LogP contribution is -2.41. The minimum Gasteiger partial charge on any atom is -0.481 e. The molecule has 0 aliphatic carbocycles. The molecule has 0 aromatic rings. The summed E-state index contributed by atoms with van der Waals surface area (Å²) in [6.45, 7) is 3.39. The van der Waals surface area contributed by atoms with Gasteiger partial charge in [0.05, 0.1) is 19.8 Å². The van der Waals surface area contributed by atoms with E-state index in [1.54, 1.807) is 0 Å². The third-order valence-electron chi connectivity index (χ3n) is 6.39. The predicted octanol–water partition coefficient (Wildman–Crippen LogP) is 3.17. The van der Waals surface area contributed by atoms with Crippen LogP contribution in [0.2, 0.25) is 0 Å². The number of amides is 3. The minimum atomic E-state index is -1.16. The molecule has 5 N–H and O–H groups in total. The Hall–Kier alpha value is -2.73. The van der Waals surface area contributed by atoms with Crippen LogP contribution < -0.4 is 16.0 Å². The maximum absolute atomic E-state index is 12.2. The van der Waals surface area contributed by atoms with Crippen LogP contribution in [0.15, 0.2) is 0 Å². The molecule has 3 amide bonds. The summed E-state index contributed by atoms with van der Waals surface area (Å²) in [5.41, 5.74) is 0. The van der Waals surface area contributed by atoms with Gasteiger partial charge in [-0.15, -0.1) is 0 Å². The lowest BCUT2D eigenvalue weighted by Gasteiger charge is -2.14. The van der Waals surface area contributed by atoms with Crippen LogP contribution in [0, 0.1) is 0 Å². The Balaban J connectivity index is 3.71. The van der Waals surface area contributed by atoms with Gasteiger partial charge in [0, 0.05) is 32.4 Å². The van der Waals surface area contributed by atoms with E-state index in [2.05, 4.69) is 16.0 Å². The molecule has 0 aromatic carbocycles. The molecule has 0 fully saturated rings. The molecule has 0 aromatic heterocycles. The highest BCUT2D eigenvalue weighted by Gasteiger charge is 2.20. The third kappa shape index (κ3) is 27.2. The van der Waals surface area contributed by atoms with Gasteiger partial charge in [0.25, 0.3) is 0 Å². The van der Waals surface area contributed by atoms with Crippen molar-refractivity contribution in [3.8, 4) is 0 Å². The fourth-order valence-corrected chi connectivity index (χ4v) is 4.11. The van der Waals surface area contributed by atoms with E-state index in [9.17, 15) is 29.1 Å². The number of carbonyl (C=O) groups excluding carboxylic acids is 3. The van der Waals surface area contributed by atoms with E-state index in [1.807, 2.05) is 6.92 Å². The zero-order valence-corrected chi connectivity index (χ0v) is 24.9. The standard InChI is InChI=1S/C29H53N3O9/c1-2-30-27(35)23-41-22-21-40-20-19-31-25(33)18-17-24(29(38)39)32-26(34)15-13-11-9-7-5-3-4-6-8-10-12-14-16-28(36)37/h24H,2-23H2,1H3,(H,30,35)(H,31,33)(H,32,34)(H,36,37)(H,38,39)/t24-/m0/s1. The normalized spacial score (nSPS) is 11.5. The molecule has 0 aliphatic heterocycles. The molecule has 0 aliphatic rings. The van der Waals surface area contributed by atoms with Crippen LogP contribution in [0.4, 0.5) is 0 Å². The summed E-state index contributed by atoms with van der Waals surface area (Å²) in [5, 5.41) is 25.8. The topological polar surface area (TPSA) is 180 Å².